The molecule has 0 aliphatic rings. The molecule has 5 nitrogen and oxygen atoms in total. The molecule has 8 heteroatoms. The first-order chi connectivity index (χ1) is 13.1. The molecule has 2 aromatic rings. The van der Waals surface area contributed by atoms with Crippen molar-refractivity contribution in [2.75, 3.05) is 6.54 Å². The van der Waals surface area contributed by atoms with Gasteiger partial charge in [-0.15, -0.1) is 6.42 Å². The summed E-state index contributed by atoms with van der Waals surface area (Å²) in [7, 11) is 0. The quantitative estimate of drug-likeness (QED) is 0.648. The molecule has 1 aromatic heterocycles. The standard InChI is InChI=1S/C20H22F3N3O2/c1-5-12-26(18(27)19(4,6-2)7-3)13-14-8-10-15(11-9-14)16-24-17(28-25-16)20(21,22)23/h1,8-11H,6-7,12-13H2,2-4H3. The fraction of sp³-hybridized carbons (Fsp3) is 0.450. The van der Waals surface area contributed by atoms with Crippen LogP contribution >= 0.6 is 0 Å². The number of terminal acetylenes is 1. The number of rotatable bonds is 7. The average Bonchev–Trinajstić information content (AvgIpc) is 3.17. The summed E-state index contributed by atoms with van der Waals surface area (Å²) < 4.78 is 42.0. The molecule has 1 aromatic carbocycles. The lowest BCUT2D eigenvalue weighted by atomic mass is 9.83. The third-order valence-corrected chi connectivity index (χ3v) is 4.90. The minimum atomic E-state index is -4.69. The van der Waals surface area contributed by atoms with Gasteiger partial charge in [-0.2, -0.15) is 18.2 Å². The number of aromatic nitrogens is 2. The van der Waals surface area contributed by atoms with Gasteiger partial charge in [-0.05, 0) is 18.4 Å². The van der Waals surface area contributed by atoms with Gasteiger partial charge in [0.15, 0.2) is 0 Å². The fourth-order valence-corrected chi connectivity index (χ4v) is 2.68. The molecule has 0 aliphatic carbocycles. The number of hydrogen-bond donors (Lipinski definition) is 0. The molecule has 0 spiro atoms. The van der Waals surface area contributed by atoms with Crippen LogP contribution in [0, 0.1) is 17.8 Å². The Bertz CT molecular complexity index is 847. The Morgan fingerprint density at radius 2 is 1.82 bits per heavy atom. The van der Waals surface area contributed by atoms with E-state index in [-0.39, 0.29) is 18.3 Å². The summed E-state index contributed by atoms with van der Waals surface area (Å²) >= 11 is 0. The zero-order valence-corrected chi connectivity index (χ0v) is 16.0. The van der Waals surface area contributed by atoms with E-state index in [2.05, 4.69) is 20.6 Å². The van der Waals surface area contributed by atoms with Crippen molar-refractivity contribution < 1.29 is 22.5 Å². The highest BCUT2D eigenvalue weighted by atomic mass is 19.4. The van der Waals surface area contributed by atoms with Gasteiger partial charge in [0, 0.05) is 17.5 Å². The number of amides is 1. The number of alkyl halides is 3. The fourth-order valence-electron chi connectivity index (χ4n) is 2.68. The Kier molecular flexibility index (Phi) is 6.49. The third-order valence-electron chi connectivity index (χ3n) is 4.90. The monoisotopic (exact) mass is 393 g/mol. The molecule has 0 N–H and O–H groups in total. The van der Waals surface area contributed by atoms with Crippen LogP contribution in [-0.4, -0.2) is 27.5 Å². The van der Waals surface area contributed by atoms with E-state index in [1.165, 1.54) is 0 Å². The lowest BCUT2D eigenvalue weighted by Crippen LogP contribution is -2.41. The molecule has 1 amide bonds. The van der Waals surface area contributed by atoms with Gasteiger partial charge in [-0.25, -0.2) is 0 Å². The lowest BCUT2D eigenvalue weighted by molar-refractivity contribution is -0.159. The van der Waals surface area contributed by atoms with E-state index in [1.807, 2.05) is 20.8 Å². The molecule has 0 saturated carbocycles. The van der Waals surface area contributed by atoms with Crippen molar-refractivity contribution >= 4 is 5.91 Å². The molecule has 28 heavy (non-hydrogen) atoms. The van der Waals surface area contributed by atoms with E-state index >= 15 is 0 Å². The second-order valence-electron chi connectivity index (χ2n) is 6.75. The Morgan fingerprint density at radius 3 is 2.29 bits per heavy atom. The Labute approximate surface area is 161 Å². The predicted molar refractivity (Wildman–Crippen MR) is 97.7 cm³/mol. The predicted octanol–water partition coefficient (Wildman–Crippen LogP) is 4.54. The Balaban J connectivity index is 2.18. The van der Waals surface area contributed by atoms with Crippen LogP contribution in [0.1, 0.15) is 45.1 Å². The van der Waals surface area contributed by atoms with Gasteiger partial charge in [0.2, 0.25) is 11.7 Å². The highest BCUT2D eigenvalue weighted by Gasteiger charge is 2.38. The van der Waals surface area contributed by atoms with Gasteiger partial charge in [-0.3, -0.25) is 4.79 Å². The van der Waals surface area contributed by atoms with E-state index in [0.717, 1.165) is 5.56 Å². The second kappa shape index (κ2) is 8.46. The summed E-state index contributed by atoms with van der Waals surface area (Å²) in [6.07, 6.45) is 2.13. The maximum atomic E-state index is 12.9. The topological polar surface area (TPSA) is 59.2 Å². The first-order valence-electron chi connectivity index (χ1n) is 8.87. The van der Waals surface area contributed by atoms with E-state index in [4.69, 9.17) is 6.42 Å². The average molecular weight is 393 g/mol. The van der Waals surface area contributed by atoms with E-state index in [9.17, 15) is 18.0 Å². The van der Waals surface area contributed by atoms with Crippen molar-refractivity contribution in [2.45, 2.75) is 46.3 Å². The van der Waals surface area contributed by atoms with Gasteiger partial charge in [0.25, 0.3) is 0 Å². The summed E-state index contributed by atoms with van der Waals surface area (Å²) in [5.74, 6) is 0.943. The Hall–Kier alpha value is -2.82. The van der Waals surface area contributed by atoms with Crippen LogP contribution in [0.4, 0.5) is 13.2 Å². The summed E-state index contributed by atoms with van der Waals surface area (Å²) in [5, 5.41) is 3.36. The first-order valence-corrected chi connectivity index (χ1v) is 8.87. The molecule has 150 valence electrons. The van der Waals surface area contributed by atoms with Crippen molar-refractivity contribution in [3.63, 3.8) is 0 Å². The molecule has 0 atom stereocenters. The third kappa shape index (κ3) is 4.71. The zero-order chi connectivity index (χ0) is 20.9. The van der Waals surface area contributed by atoms with Crippen LogP contribution in [0.2, 0.25) is 0 Å². The maximum absolute atomic E-state index is 12.9. The molecule has 0 bridgehead atoms. The minimum absolute atomic E-state index is 0.0208. The van der Waals surface area contributed by atoms with Gasteiger partial charge in [0.1, 0.15) is 0 Å². The van der Waals surface area contributed by atoms with E-state index < -0.39 is 17.5 Å². The largest absolute Gasteiger partial charge is 0.471 e. The Morgan fingerprint density at radius 1 is 1.21 bits per heavy atom. The van der Waals surface area contributed by atoms with Gasteiger partial charge in [0.05, 0.1) is 6.54 Å². The number of carbonyl (C=O) groups excluding carboxylic acids is 1. The number of hydrogen-bond acceptors (Lipinski definition) is 4. The summed E-state index contributed by atoms with van der Waals surface area (Å²) in [5.41, 5.74) is 0.682. The van der Waals surface area contributed by atoms with Crippen LogP contribution in [-0.2, 0) is 17.5 Å². The maximum Gasteiger partial charge on any atom is 0.471 e. The van der Waals surface area contributed by atoms with Crippen LogP contribution in [0.5, 0.6) is 0 Å². The number of benzene rings is 1. The zero-order valence-electron chi connectivity index (χ0n) is 16.0. The summed E-state index contributed by atoms with van der Waals surface area (Å²) in [6, 6.07) is 6.56. The highest BCUT2D eigenvalue weighted by Crippen LogP contribution is 2.30. The normalized spacial score (nSPS) is 11.9. The van der Waals surface area contributed by atoms with Gasteiger partial charge in [-0.1, -0.05) is 56.1 Å². The first kappa shape index (κ1) is 21.5. The van der Waals surface area contributed by atoms with Crippen molar-refractivity contribution in [3.8, 4) is 23.7 Å². The minimum Gasteiger partial charge on any atom is -0.329 e. The van der Waals surface area contributed by atoms with Crippen molar-refractivity contribution in [1.29, 1.82) is 0 Å². The van der Waals surface area contributed by atoms with Crippen molar-refractivity contribution in [3.05, 3.63) is 35.7 Å². The molecule has 0 fully saturated rings. The summed E-state index contributed by atoms with van der Waals surface area (Å²) in [4.78, 5) is 17.9. The van der Waals surface area contributed by atoms with Crippen LogP contribution in [0.3, 0.4) is 0 Å². The smallest absolute Gasteiger partial charge is 0.329 e. The lowest BCUT2D eigenvalue weighted by Gasteiger charge is -2.32. The molecule has 1 heterocycles. The molecule has 0 unspecified atom stereocenters. The number of carbonyl (C=O) groups is 1. The number of halogens is 3. The molecular weight excluding hydrogens is 371 g/mol. The van der Waals surface area contributed by atoms with Gasteiger partial charge >= 0.3 is 12.1 Å². The molecule has 0 aliphatic heterocycles. The van der Waals surface area contributed by atoms with Crippen molar-refractivity contribution in [2.24, 2.45) is 5.41 Å². The van der Waals surface area contributed by atoms with Crippen LogP contribution in [0.15, 0.2) is 28.8 Å². The second-order valence-corrected chi connectivity index (χ2v) is 6.75. The molecule has 2 rings (SSSR count). The van der Waals surface area contributed by atoms with Crippen molar-refractivity contribution in [1.82, 2.24) is 15.0 Å². The molecule has 0 saturated heterocycles. The van der Waals surface area contributed by atoms with Gasteiger partial charge < -0.3 is 9.42 Å². The van der Waals surface area contributed by atoms with Crippen LogP contribution < -0.4 is 0 Å². The van der Waals surface area contributed by atoms with E-state index in [0.29, 0.717) is 24.9 Å². The molecule has 0 radical (unpaired) electrons. The SMILES string of the molecule is C#CCN(Cc1ccc(-c2noc(C(F)(F)F)n2)cc1)C(=O)C(C)(CC)CC. The van der Waals surface area contributed by atoms with Crippen LogP contribution in [0.25, 0.3) is 11.4 Å². The van der Waals surface area contributed by atoms with E-state index in [1.54, 1.807) is 29.2 Å². The number of nitrogens with zero attached hydrogens (tertiary/aromatic N) is 3. The highest BCUT2D eigenvalue weighted by molar-refractivity contribution is 5.82. The summed E-state index contributed by atoms with van der Waals surface area (Å²) in [6.45, 7) is 6.32. The molecular formula is C20H22F3N3O2.